The summed E-state index contributed by atoms with van der Waals surface area (Å²) < 4.78 is 30.4. The van der Waals surface area contributed by atoms with Gasteiger partial charge in [-0.25, -0.2) is 12.7 Å². The number of hydrogen-bond donors (Lipinski definition) is 1. The molecule has 1 aromatic rings. The molecule has 1 fully saturated rings. The third kappa shape index (κ3) is 5.05. The van der Waals surface area contributed by atoms with E-state index in [-0.39, 0.29) is 24.3 Å². The minimum atomic E-state index is -3.24. The number of nitrogens with one attached hydrogen (secondary N) is 1. The number of thiophene rings is 1. The predicted molar refractivity (Wildman–Crippen MR) is 86.4 cm³/mol. The molecule has 2 heterocycles. The third-order valence-electron chi connectivity index (χ3n) is 3.67. The van der Waals surface area contributed by atoms with Gasteiger partial charge in [0.15, 0.2) is 0 Å². The van der Waals surface area contributed by atoms with Crippen molar-refractivity contribution in [3.8, 4) is 0 Å². The average molecular weight is 346 g/mol. The standard InChI is InChI=1S/C14H22N2O4S2/c1-20-8-10-22(18,19)16-6-4-12(5-7-16)15-14(17)11-13-3-2-9-21-13/h2-3,9,12H,4-8,10-11H2,1H3,(H,15,17). The van der Waals surface area contributed by atoms with Crippen molar-refractivity contribution < 1.29 is 17.9 Å². The highest BCUT2D eigenvalue weighted by molar-refractivity contribution is 7.89. The molecule has 0 spiro atoms. The van der Waals surface area contributed by atoms with Crippen molar-refractivity contribution in [3.05, 3.63) is 22.4 Å². The van der Waals surface area contributed by atoms with Crippen molar-refractivity contribution in [1.29, 1.82) is 0 Å². The van der Waals surface area contributed by atoms with Gasteiger partial charge in [-0.15, -0.1) is 11.3 Å². The highest BCUT2D eigenvalue weighted by Crippen LogP contribution is 2.15. The summed E-state index contributed by atoms with van der Waals surface area (Å²) in [6, 6.07) is 3.92. The first-order valence-corrected chi connectivity index (χ1v) is 9.78. The van der Waals surface area contributed by atoms with Gasteiger partial charge in [0, 0.05) is 31.1 Å². The summed E-state index contributed by atoms with van der Waals surface area (Å²) in [5.74, 6) is 0.0157. The zero-order valence-corrected chi connectivity index (χ0v) is 14.3. The molecule has 6 nitrogen and oxygen atoms in total. The number of rotatable bonds is 7. The first-order valence-electron chi connectivity index (χ1n) is 7.30. The summed E-state index contributed by atoms with van der Waals surface area (Å²) >= 11 is 1.56. The van der Waals surface area contributed by atoms with Crippen LogP contribution in [0.15, 0.2) is 17.5 Å². The minimum absolute atomic E-state index is 0.00291. The largest absolute Gasteiger partial charge is 0.384 e. The van der Waals surface area contributed by atoms with Gasteiger partial charge in [-0.05, 0) is 24.3 Å². The maximum atomic E-state index is 12.0. The van der Waals surface area contributed by atoms with Crippen molar-refractivity contribution in [3.63, 3.8) is 0 Å². The van der Waals surface area contributed by atoms with Crippen molar-refractivity contribution in [2.75, 3.05) is 32.6 Å². The van der Waals surface area contributed by atoms with E-state index in [0.717, 1.165) is 4.88 Å². The summed E-state index contributed by atoms with van der Waals surface area (Å²) in [7, 11) is -1.75. The van der Waals surface area contributed by atoms with Crippen LogP contribution >= 0.6 is 11.3 Å². The number of carbonyl (C=O) groups excluding carboxylic acids is 1. The molecule has 1 saturated heterocycles. The smallest absolute Gasteiger partial charge is 0.225 e. The first-order chi connectivity index (χ1) is 10.5. The number of sulfonamides is 1. The maximum Gasteiger partial charge on any atom is 0.225 e. The van der Waals surface area contributed by atoms with E-state index in [1.807, 2.05) is 17.5 Å². The number of methoxy groups -OCH3 is 1. The van der Waals surface area contributed by atoms with Gasteiger partial charge in [-0.3, -0.25) is 4.79 Å². The zero-order chi connectivity index (χ0) is 16.0. The molecule has 124 valence electrons. The Hall–Kier alpha value is -0.960. The van der Waals surface area contributed by atoms with Gasteiger partial charge >= 0.3 is 0 Å². The summed E-state index contributed by atoms with van der Waals surface area (Å²) in [5, 5.41) is 4.94. The number of ether oxygens (including phenoxy) is 1. The van der Waals surface area contributed by atoms with Gasteiger partial charge in [0.1, 0.15) is 0 Å². The van der Waals surface area contributed by atoms with E-state index < -0.39 is 10.0 Å². The highest BCUT2D eigenvalue weighted by atomic mass is 32.2. The van der Waals surface area contributed by atoms with Crippen LogP contribution in [0.2, 0.25) is 0 Å². The lowest BCUT2D eigenvalue weighted by molar-refractivity contribution is -0.121. The van der Waals surface area contributed by atoms with Crippen molar-refractivity contribution >= 4 is 27.3 Å². The zero-order valence-electron chi connectivity index (χ0n) is 12.7. The second-order valence-corrected chi connectivity index (χ2v) is 8.43. The van der Waals surface area contributed by atoms with Crippen LogP contribution in [0.3, 0.4) is 0 Å². The van der Waals surface area contributed by atoms with Crippen LogP contribution in [0.4, 0.5) is 0 Å². The van der Waals surface area contributed by atoms with Crippen LogP contribution in [0.5, 0.6) is 0 Å². The van der Waals surface area contributed by atoms with Gasteiger partial charge in [0.2, 0.25) is 15.9 Å². The Morgan fingerprint density at radius 1 is 1.45 bits per heavy atom. The third-order valence-corrected chi connectivity index (χ3v) is 6.38. The molecule has 0 unspecified atom stereocenters. The normalized spacial score (nSPS) is 17.5. The summed E-state index contributed by atoms with van der Waals surface area (Å²) in [4.78, 5) is 13.0. The number of amides is 1. The second-order valence-electron chi connectivity index (χ2n) is 5.31. The van der Waals surface area contributed by atoms with E-state index in [4.69, 9.17) is 4.74 Å². The molecule has 0 saturated carbocycles. The summed E-state index contributed by atoms with van der Waals surface area (Å²) in [6.07, 6.45) is 1.70. The van der Waals surface area contributed by atoms with Gasteiger partial charge < -0.3 is 10.1 Å². The van der Waals surface area contributed by atoms with Gasteiger partial charge in [-0.2, -0.15) is 0 Å². The molecule has 1 amide bonds. The lowest BCUT2D eigenvalue weighted by Crippen LogP contribution is -2.47. The topological polar surface area (TPSA) is 75.7 Å². The van der Waals surface area contributed by atoms with E-state index in [9.17, 15) is 13.2 Å². The van der Waals surface area contributed by atoms with Gasteiger partial charge in [0.25, 0.3) is 0 Å². The van der Waals surface area contributed by atoms with Crippen molar-refractivity contribution in [2.45, 2.75) is 25.3 Å². The van der Waals surface area contributed by atoms with Crippen LogP contribution < -0.4 is 5.32 Å². The molecule has 1 aliphatic rings. The predicted octanol–water partition coefficient (Wildman–Crippen LogP) is 0.847. The fourth-order valence-electron chi connectivity index (χ4n) is 2.45. The second kappa shape index (κ2) is 8.05. The summed E-state index contributed by atoms with van der Waals surface area (Å²) in [6.45, 7) is 1.12. The quantitative estimate of drug-likeness (QED) is 0.794. The fraction of sp³-hybridized carbons (Fsp3) is 0.643. The Balaban J connectivity index is 1.76. The lowest BCUT2D eigenvalue weighted by Gasteiger charge is -2.31. The first kappa shape index (κ1) is 17.4. The Morgan fingerprint density at radius 3 is 2.77 bits per heavy atom. The Bertz CT molecular complexity index is 564. The average Bonchev–Trinajstić information content (AvgIpc) is 2.98. The number of piperidine rings is 1. The molecule has 1 N–H and O–H groups in total. The van der Waals surface area contributed by atoms with Crippen LogP contribution in [-0.2, 0) is 26.0 Å². The molecular weight excluding hydrogens is 324 g/mol. The van der Waals surface area contributed by atoms with E-state index in [0.29, 0.717) is 32.4 Å². The summed E-state index contributed by atoms with van der Waals surface area (Å²) in [5.41, 5.74) is 0. The minimum Gasteiger partial charge on any atom is -0.384 e. The van der Waals surface area contributed by atoms with Crippen LogP contribution in [0, 0.1) is 0 Å². The molecule has 1 aromatic heterocycles. The molecule has 0 atom stereocenters. The van der Waals surface area contributed by atoms with Crippen LogP contribution in [0.1, 0.15) is 17.7 Å². The molecule has 2 rings (SSSR count). The molecular formula is C14H22N2O4S2. The Labute approximate surface area is 135 Å². The van der Waals surface area contributed by atoms with Crippen LogP contribution in [0.25, 0.3) is 0 Å². The Morgan fingerprint density at radius 2 is 2.18 bits per heavy atom. The molecule has 1 aliphatic heterocycles. The van der Waals surface area contributed by atoms with Crippen LogP contribution in [-0.4, -0.2) is 57.2 Å². The van der Waals surface area contributed by atoms with E-state index in [1.165, 1.54) is 11.4 Å². The van der Waals surface area contributed by atoms with Gasteiger partial charge in [-0.1, -0.05) is 6.07 Å². The fourth-order valence-corrected chi connectivity index (χ4v) is 4.55. The molecule has 8 heteroatoms. The molecule has 0 radical (unpaired) electrons. The molecule has 0 aliphatic carbocycles. The number of hydrogen-bond acceptors (Lipinski definition) is 5. The van der Waals surface area contributed by atoms with Gasteiger partial charge in [0.05, 0.1) is 18.8 Å². The molecule has 0 aromatic carbocycles. The molecule has 22 heavy (non-hydrogen) atoms. The van der Waals surface area contributed by atoms with E-state index in [2.05, 4.69) is 5.32 Å². The number of carbonyl (C=O) groups is 1. The van der Waals surface area contributed by atoms with E-state index >= 15 is 0 Å². The lowest BCUT2D eigenvalue weighted by atomic mass is 10.1. The maximum absolute atomic E-state index is 12.0. The van der Waals surface area contributed by atoms with Crippen molar-refractivity contribution in [1.82, 2.24) is 9.62 Å². The van der Waals surface area contributed by atoms with Crippen molar-refractivity contribution in [2.24, 2.45) is 0 Å². The highest BCUT2D eigenvalue weighted by Gasteiger charge is 2.28. The van der Waals surface area contributed by atoms with E-state index in [1.54, 1.807) is 11.3 Å². The monoisotopic (exact) mass is 346 g/mol. The Kier molecular flexibility index (Phi) is 6.37. The number of nitrogens with zero attached hydrogens (tertiary/aromatic N) is 1. The molecule has 0 bridgehead atoms. The SMILES string of the molecule is COCCS(=O)(=O)N1CCC(NC(=O)Cc2cccs2)CC1.